The molecule has 0 bridgehead atoms. The van der Waals surface area contributed by atoms with E-state index in [1.807, 2.05) is 0 Å². The van der Waals surface area contributed by atoms with E-state index in [1.165, 1.54) is 0 Å². The van der Waals surface area contributed by atoms with E-state index < -0.39 is 35.8 Å². The zero-order valence-corrected chi connectivity index (χ0v) is 11.0. The van der Waals surface area contributed by atoms with Crippen molar-refractivity contribution in [3.05, 3.63) is 0 Å². The number of hydrogen-bond donors (Lipinski definition) is 4. The van der Waals surface area contributed by atoms with Crippen molar-refractivity contribution >= 4 is 23.6 Å². The van der Waals surface area contributed by atoms with Crippen LogP contribution in [-0.2, 0) is 36.1 Å². The normalized spacial score (nSPS) is 11.9. The van der Waals surface area contributed by atoms with Gasteiger partial charge in [-0.25, -0.2) is 0 Å². The van der Waals surface area contributed by atoms with E-state index in [9.17, 15) is 19.8 Å². The van der Waals surface area contributed by atoms with Gasteiger partial charge in [-0.05, 0) is 0 Å². The molecular formula is C8H14CuN4O6. The number of nitrogens with two attached hydrogens (primary N) is 2. The second-order valence-corrected chi connectivity index (χ2v) is 2.78. The van der Waals surface area contributed by atoms with Gasteiger partial charge in [-0.15, -0.1) is 0 Å². The molecule has 2 unspecified atom stereocenters. The number of carbonyl (C=O) groups is 2. The summed E-state index contributed by atoms with van der Waals surface area (Å²) in [6, 6.07) is 0. The first-order valence-corrected chi connectivity index (χ1v) is 4.34. The monoisotopic (exact) mass is 325 g/mol. The van der Waals surface area contributed by atoms with Crippen molar-refractivity contribution < 1.29 is 46.3 Å². The summed E-state index contributed by atoms with van der Waals surface area (Å²) in [5.74, 6) is -4.11. The van der Waals surface area contributed by atoms with Gasteiger partial charge in [0.1, 0.15) is 11.7 Å². The maximum absolute atomic E-state index is 9.92. The third kappa shape index (κ3) is 9.97. The first-order chi connectivity index (χ1) is 8.18. The number of rotatable bonds is 6. The van der Waals surface area contributed by atoms with Gasteiger partial charge in [-0.3, -0.25) is 10.8 Å². The number of aliphatic carboxylic acids is 2. The number of ether oxygens (including phenoxy) is 2. The van der Waals surface area contributed by atoms with E-state index in [4.69, 9.17) is 22.3 Å². The van der Waals surface area contributed by atoms with Gasteiger partial charge in [0.15, 0.2) is 12.2 Å². The van der Waals surface area contributed by atoms with Gasteiger partial charge in [-0.1, -0.05) is 0 Å². The van der Waals surface area contributed by atoms with Gasteiger partial charge in [0.2, 0.25) is 0 Å². The first kappa shape index (κ1) is 22.5. The molecule has 6 N–H and O–H groups in total. The van der Waals surface area contributed by atoms with Gasteiger partial charge in [0.05, 0.1) is 11.9 Å². The largest absolute Gasteiger partial charge is 2.00 e. The van der Waals surface area contributed by atoms with Gasteiger partial charge < -0.3 is 40.7 Å². The number of carboxylic acids is 2. The van der Waals surface area contributed by atoms with Crippen LogP contribution in [0.25, 0.3) is 0 Å². The molecule has 0 rings (SSSR count). The van der Waals surface area contributed by atoms with E-state index in [-0.39, 0.29) is 17.1 Å². The maximum Gasteiger partial charge on any atom is 2.00 e. The predicted molar refractivity (Wildman–Crippen MR) is 55.4 cm³/mol. The van der Waals surface area contributed by atoms with E-state index in [0.29, 0.717) is 0 Å². The van der Waals surface area contributed by atoms with Crippen molar-refractivity contribution in [3.63, 3.8) is 0 Å². The number of methoxy groups -OCH3 is 2. The average Bonchev–Trinajstić information content (AvgIpc) is 2.17. The topological polar surface area (TPSA) is 198 Å². The first-order valence-electron chi connectivity index (χ1n) is 4.34. The van der Waals surface area contributed by atoms with Gasteiger partial charge in [0.25, 0.3) is 0 Å². The molecule has 0 saturated heterocycles. The fraction of sp³-hybridized carbons (Fsp3) is 0.500. The summed E-state index contributed by atoms with van der Waals surface area (Å²) in [5, 5.41) is 33.1. The van der Waals surface area contributed by atoms with Crippen LogP contribution in [0.3, 0.4) is 0 Å². The van der Waals surface area contributed by atoms with E-state index in [2.05, 4.69) is 9.47 Å². The Kier molecular flexibility index (Phi) is 13.5. The second-order valence-electron chi connectivity index (χ2n) is 2.78. The second kappa shape index (κ2) is 11.4. The van der Waals surface area contributed by atoms with Gasteiger partial charge in [-0.2, -0.15) is 0 Å². The Morgan fingerprint density at radius 1 is 0.947 bits per heavy atom. The molecule has 0 aromatic rings. The van der Waals surface area contributed by atoms with Crippen molar-refractivity contribution in [2.24, 2.45) is 11.5 Å². The summed E-state index contributed by atoms with van der Waals surface area (Å²) in [6.07, 6.45) is -2.82. The molecule has 113 valence electrons. The molecular weight excluding hydrogens is 312 g/mol. The van der Waals surface area contributed by atoms with Crippen LogP contribution in [0, 0.1) is 10.8 Å². The van der Waals surface area contributed by atoms with Crippen LogP contribution in [0.1, 0.15) is 0 Å². The molecule has 0 aromatic carbocycles. The van der Waals surface area contributed by atoms with E-state index in [0.717, 1.165) is 14.2 Å². The molecule has 0 saturated carbocycles. The summed E-state index contributed by atoms with van der Waals surface area (Å²) in [4.78, 5) is 19.8. The van der Waals surface area contributed by atoms with Crippen LogP contribution in [0.2, 0.25) is 0 Å². The molecule has 0 fully saturated rings. The Balaban J connectivity index is -0.000000256. The third-order valence-electron chi connectivity index (χ3n) is 1.46. The molecule has 0 spiro atoms. The summed E-state index contributed by atoms with van der Waals surface area (Å²) in [5.41, 5.74) is 9.57. The number of carboxylic acid groups (broad SMARTS) is 2. The summed E-state index contributed by atoms with van der Waals surface area (Å²) < 4.78 is 8.52. The Bertz CT molecular complexity index is 277. The molecule has 2 atom stereocenters. The molecule has 19 heavy (non-hydrogen) atoms. The standard InChI is InChI=1S/2C4H8N2O3.Cu/c2*1-9-2(3(5)6)4(7)8;/h2*2H,1H3,(H3,5,6)(H,7,8);/q;;+2/p-2. The zero-order valence-electron chi connectivity index (χ0n) is 10.1. The van der Waals surface area contributed by atoms with E-state index in [1.54, 1.807) is 0 Å². The van der Waals surface area contributed by atoms with Crippen molar-refractivity contribution in [2.75, 3.05) is 14.2 Å². The number of nitrogens with one attached hydrogen (secondary N) is 2. The van der Waals surface area contributed by atoms with Crippen LogP contribution in [-0.4, -0.2) is 50.0 Å². The molecule has 0 heterocycles. The average molecular weight is 326 g/mol. The Morgan fingerprint density at radius 3 is 1.16 bits per heavy atom. The summed E-state index contributed by atoms with van der Waals surface area (Å²) in [6.45, 7) is 0. The molecule has 10 nitrogen and oxygen atoms in total. The van der Waals surface area contributed by atoms with Crippen LogP contribution in [0.5, 0.6) is 0 Å². The quantitative estimate of drug-likeness (QED) is 0.212. The fourth-order valence-electron chi connectivity index (χ4n) is 0.700. The molecule has 0 aliphatic heterocycles. The fourth-order valence-corrected chi connectivity index (χ4v) is 0.700. The minimum absolute atomic E-state index is 0. The van der Waals surface area contributed by atoms with Crippen LogP contribution in [0.15, 0.2) is 0 Å². The molecule has 0 amide bonds. The Hall–Kier alpha value is -1.68. The number of carbonyl (C=O) groups excluding carboxylic acids is 2. The molecule has 0 aromatic heterocycles. The van der Waals surface area contributed by atoms with Crippen molar-refractivity contribution in [2.45, 2.75) is 12.2 Å². The smallest absolute Gasteiger partial charge is 0.547 e. The Labute approximate surface area is 119 Å². The molecule has 1 radical (unpaired) electrons. The van der Waals surface area contributed by atoms with Crippen LogP contribution >= 0.6 is 0 Å². The summed E-state index contributed by atoms with van der Waals surface area (Å²) in [7, 11) is 2.28. The number of amidine groups is 2. The maximum atomic E-state index is 9.92. The molecule has 0 aliphatic rings. The SMILES string of the molecule is COC(C(=N)N)C(=O)[O-].COC(C(=N)N)C(=O)[O-].[Cu+2]. The summed E-state index contributed by atoms with van der Waals surface area (Å²) >= 11 is 0. The molecule has 11 heteroatoms. The van der Waals surface area contributed by atoms with Gasteiger partial charge in [0, 0.05) is 14.2 Å². The van der Waals surface area contributed by atoms with Crippen molar-refractivity contribution in [3.8, 4) is 0 Å². The van der Waals surface area contributed by atoms with Crippen molar-refractivity contribution in [1.29, 1.82) is 10.8 Å². The van der Waals surface area contributed by atoms with Crippen molar-refractivity contribution in [1.82, 2.24) is 0 Å². The van der Waals surface area contributed by atoms with Gasteiger partial charge >= 0.3 is 17.1 Å². The molecule has 0 aliphatic carbocycles. The van der Waals surface area contributed by atoms with Crippen LogP contribution < -0.4 is 21.7 Å². The third-order valence-corrected chi connectivity index (χ3v) is 1.46. The van der Waals surface area contributed by atoms with E-state index >= 15 is 0 Å². The minimum Gasteiger partial charge on any atom is -0.547 e. The predicted octanol–water partition coefficient (Wildman–Crippen LogP) is -4.63. The zero-order chi connectivity index (χ0) is 14.9. The Morgan fingerprint density at radius 2 is 1.16 bits per heavy atom. The number of hydrogen-bond acceptors (Lipinski definition) is 8. The minimum atomic E-state index is -1.50. The van der Waals surface area contributed by atoms with Crippen LogP contribution in [0.4, 0.5) is 0 Å².